The molecular formula is C12H18N2O2. The van der Waals surface area contributed by atoms with Crippen LogP contribution in [0, 0.1) is 5.92 Å². The fraction of sp³-hybridized carbons (Fsp3) is 0.583. The fourth-order valence-electron chi connectivity index (χ4n) is 2.07. The van der Waals surface area contributed by atoms with Crippen LogP contribution in [0.4, 0.5) is 5.82 Å². The van der Waals surface area contributed by atoms with E-state index in [0.29, 0.717) is 5.92 Å². The first-order chi connectivity index (χ1) is 7.69. The Morgan fingerprint density at radius 1 is 1.44 bits per heavy atom. The van der Waals surface area contributed by atoms with Crippen molar-refractivity contribution < 1.29 is 10.2 Å². The van der Waals surface area contributed by atoms with Gasteiger partial charge in [-0.15, -0.1) is 0 Å². The molecule has 0 amide bonds. The molecule has 0 radical (unpaired) electrons. The normalized spacial score (nSPS) is 23.9. The third-order valence-corrected chi connectivity index (χ3v) is 3.13. The molecule has 2 N–H and O–H groups in total. The Bertz CT molecular complexity index is 333. The summed E-state index contributed by atoms with van der Waals surface area (Å²) in [6.07, 6.45) is 3.41. The number of anilines is 1. The average molecular weight is 222 g/mol. The van der Waals surface area contributed by atoms with Crippen LogP contribution < -0.4 is 4.90 Å². The van der Waals surface area contributed by atoms with E-state index in [2.05, 4.69) is 9.88 Å². The number of hydrogen-bond acceptors (Lipinski definition) is 4. The molecule has 4 nitrogen and oxygen atoms in total. The summed E-state index contributed by atoms with van der Waals surface area (Å²) in [5.41, 5.74) is 0.830. The van der Waals surface area contributed by atoms with Crippen molar-refractivity contribution in [3.63, 3.8) is 0 Å². The summed E-state index contributed by atoms with van der Waals surface area (Å²) in [5, 5.41) is 18.1. The van der Waals surface area contributed by atoms with Crippen LogP contribution >= 0.6 is 0 Å². The summed E-state index contributed by atoms with van der Waals surface area (Å²) in [6.45, 7) is 0.967. The van der Waals surface area contributed by atoms with Gasteiger partial charge in [0.05, 0.1) is 12.7 Å². The van der Waals surface area contributed by atoms with Crippen molar-refractivity contribution in [2.75, 3.05) is 18.5 Å². The van der Waals surface area contributed by atoms with Gasteiger partial charge in [-0.2, -0.15) is 0 Å². The molecule has 0 aliphatic heterocycles. The van der Waals surface area contributed by atoms with Gasteiger partial charge in [-0.1, -0.05) is 6.07 Å². The van der Waals surface area contributed by atoms with Crippen molar-refractivity contribution in [3.8, 4) is 0 Å². The lowest BCUT2D eigenvalue weighted by Gasteiger charge is -2.34. The molecule has 0 bridgehead atoms. The Morgan fingerprint density at radius 3 is 2.69 bits per heavy atom. The molecule has 0 saturated heterocycles. The van der Waals surface area contributed by atoms with Gasteiger partial charge in [0.2, 0.25) is 0 Å². The topological polar surface area (TPSA) is 56.6 Å². The molecule has 1 saturated carbocycles. The number of aromatic nitrogens is 1. The van der Waals surface area contributed by atoms with E-state index in [0.717, 1.165) is 30.8 Å². The maximum absolute atomic E-state index is 9.21. The van der Waals surface area contributed by atoms with E-state index in [1.165, 1.54) is 0 Å². The molecule has 1 aromatic rings. The Balaban J connectivity index is 1.90. The number of aliphatic hydroxyl groups excluding tert-OH is 2. The largest absolute Gasteiger partial charge is 0.393 e. The molecule has 1 aliphatic carbocycles. The molecule has 1 aromatic heterocycles. The van der Waals surface area contributed by atoms with Crippen molar-refractivity contribution in [3.05, 3.63) is 23.9 Å². The van der Waals surface area contributed by atoms with Crippen LogP contribution in [-0.2, 0) is 6.61 Å². The van der Waals surface area contributed by atoms with E-state index in [1.807, 2.05) is 19.2 Å². The summed E-state index contributed by atoms with van der Waals surface area (Å²) < 4.78 is 0. The Labute approximate surface area is 95.5 Å². The summed E-state index contributed by atoms with van der Waals surface area (Å²) in [6, 6.07) is 3.80. The summed E-state index contributed by atoms with van der Waals surface area (Å²) in [4.78, 5) is 6.38. The van der Waals surface area contributed by atoms with Crippen molar-refractivity contribution >= 4 is 5.82 Å². The van der Waals surface area contributed by atoms with Gasteiger partial charge in [-0.05, 0) is 30.4 Å². The standard InChI is InChI=1S/C12H18N2O2/c1-14(7-10-4-11(16)5-10)12-3-2-9(8-15)6-13-12/h2-3,6,10-11,15-16H,4-5,7-8H2,1H3. The first-order valence-electron chi connectivity index (χ1n) is 5.64. The van der Waals surface area contributed by atoms with Crippen LogP contribution in [0.5, 0.6) is 0 Å². The first-order valence-corrected chi connectivity index (χ1v) is 5.64. The van der Waals surface area contributed by atoms with Gasteiger partial charge in [0.25, 0.3) is 0 Å². The quantitative estimate of drug-likeness (QED) is 0.790. The van der Waals surface area contributed by atoms with E-state index < -0.39 is 0 Å². The van der Waals surface area contributed by atoms with Gasteiger partial charge in [-0.25, -0.2) is 4.98 Å². The molecule has 1 aliphatic rings. The molecule has 0 atom stereocenters. The van der Waals surface area contributed by atoms with Crippen molar-refractivity contribution in [1.82, 2.24) is 4.98 Å². The lowest BCUT2D eigenvalue weighted by atomic mass is 9.82. The van der Waals surface area contributed by atoms with E-state index in [4.69, 9.17) is 5.11 Å². The van der Waals surface area contributed by atoms with Crippen molar-refractivity contribution in [2.45, 2.75) is 25.6 Å². The Morgan fingerprint density at radius 2 is 2.19 bits per heavy atom. The van der Waals surface area contributed by atoms with Crippen LogP contribution in [-0.4, -0.2) is 34.9 Å². The molecule has 88 valence electrons. The third-order valence-electron chi connectivity index (χ3n) is 3.13. The van der Waals surface area contributed by atoms with Gasteiger partial charge in [0.1, 0.15) is 5.82 Å². The molecular weight excluding hydrogens is 204 g/mol. The second-order valence-electron chi connectivity index (χ2n) is 4.55. The molecule has 2 rings (SSSR count). The first kappa shape index (κ1) is 11.4. The SMILES string of the molecule is CN(CC1CC(O)C1)c1ccc(CO)cn1. The second kappa shape index (κ2) is 4.80. The van der Waals surface area contributed by atoms with Gasteiger partial charge >= 0.3 is 0 Å². The lowest BCUT2D eigenvalue weighted by molar-refractivity contribution is 0.0464. The van der Waals surface area contributed by atoms with E-state index in [-0.39, 0.29) is 12.7 Å². The lowest BCUT2D eigenvalue weighted by Crippen LogP contribution is -2.37. The van der Waals surface area contributed by atoms with E-state index in [1.54, 1.807) is 6.20 Å². The number of rotatable bonds is 4. The van der Waals surface area contributed by atoms with Gasteiger partial charge in [0.15, 0.2) is 0 Å². The van der Waals surface area contributed by atoms with Crippen LogP contribution in [0.2, 0.25) is 0 Å². The maximum Gasteiger partial charge on any atom is 0.128 e. The summed E-state index contributed by atoms with van der Waals surface area (Å²) in [5.74, 6) is 1.50. The van der Waals surface area contributed by atoms with Crippen LogP contribution in [0.3, 0.4) is 0 Å². The molecule has 4 heteroatoms. The molecule has 0 spiro atoms. The average Bonchev–Trinajstić information content (AvgIpc) is 2.27. The minimum absolute atomic E-state index is 0.0335. The van der Waals surface area contributed by atoms with E-state index in [9.17, 15) is 5.11 Å². The zero-order valence-corrected chi connectivity index (χ0v) is 9.50. The number of nitrogens with zero attached hydrogens (tertiary/aromatic N) is 2. The minimum atomic E-state index is -0.0943. The Hall–Kier alpha value is -1.13. The number of aliphatic hydroxyl groups is 2. The number of hydrogen-bond donors (Lipinski definition) is 2. The third kappa shape index (κ3) is 2.51. The molecule has 1 fully saturated rings. The molecule has 16 heavy (non-hydrogen) atoms. The van der Waals surface area contributed by atoms with Gasteiger partial charge in [0, 0.05) is 19.8 Å². The Kier molecular flexibility index (Phi) is 3.41. The minimum Gasteiger partial charge on any atom is -0.393 e. The van der Waals surface area contributed by atoms with Crippen LogP contribution in [0.25, 0.3) is 0 Å². The van der Waals surface area contributed by atoms with E-state index >= 15 is 0 Å². The second-order valence-corrected chi connectivity index (χ2v) is 4.55. The van der Waals surface area contributed by atoms with Crippen molar-refractivity contribution in [2.24, 2.45) is 5.92 Å². The maximum atomic E-state index is 9.21. The molecule has 0 unspecified atom stereocenters. The highest BCUT2D eigenvalue weighted by Gasteiger charge is 2.28. The summed E-state index contributed by atoms with van der Waals surface area (Å²) in [7, 11) is 2.01. The van der Waals surface area contributed by atoms with Crippen molar-refractivity contribution in [1.29, 1.82) is 0 Å². The van der Waals surface area contributed by atoms with Crippen LogP contribution in [0.15, 0.2) is 18.3 Å². The predicted octanol–water partition coefficient (Wildman–Crippen LogP) is 0.781. The zero-order valence-electron chi connectivity index (χ0n) is 9.50. The monoisotopic (exact) mass is 222 g/mol. The summed E-state index contributed by atoms with van der Waals surface area (Å²) >= 11 is 0. The highest BCUT2D eigenvalue weighted by atomic mass is 16.3. The smallest absolute Gasteiger partial charge is 0.128 e. The zero-order chi connectivity index (χ0) is 11.5. The van der Waals surface area contributed by atoms with Gasteiger partial charge in [-0.3, -0.25) is 0 Å². The highest BCUT2D eigenvalue weighted by molar-refractivity contribution is 5.38. The fourth-order valence-corrected chi connectivity index (χ4v) is 2.07. The van der Waals surface area contributed by atoms with Crippen LogP contribution in [0.1, 0.15) is 18.4 Å². The molecule has 1 heterocycles. The van der Waals surface area contributed by atoms with Gasteiger partial charge < -0.3 is 15.1 Å². The number of pyridine rings is 1. The molecule has 0 aromatic carbocycles. The predicted molar refractivity (Wildman–Crippen MR) is 62.2 cm³/mol. The highest BCUT2D eigenvalue weighted by Crippen LogP contribution is 2.28.